The van der Waals surface area contributed by atoms with Crippen LogP contribution in [0.3, 0.4) is 0 Å². The second kappa shape index (κ2) is 7.89. The first-order valence-electron chi connectivity index (χ1n) is 7.85. The van der Waals surface area contributed by atoms with Gasteiger partial charge in [-0.15, -0.1) is 11.8 Å². The molecule has 0 radical (unpaired) electrons. The number of ether oxygens (including phenoxy) is 1. The molecule has 1 aromatic rings. The minimum absolute atomic E-state index is 0.203. The number of halogens is 1. The van der Waals surface area contributed by atoms with Gasteiger partial charge in [0.2, 0.25) is 0 Å². The maximum absolute atomic E-state index is 12.4. The Morgan fingerprint density at radius 3 is 2.96 bits per heavy atom. The van der Waals surface area contributed by atoms with Crippen molar-refractivity contribution >= 4 is 29.3 Å². The van der Waals surface area contributed by atoms with Crippen LogP contribution in [0.2, 0.25) is 5.02 Å². The molecule has 1 unspecified atom stereocenters. The number of thioether (sulfide) groups is 1. The van der Waals surface area contributed by atoms with E-state index in [9.17, 15) is 4.79 Å². The standard InChI is InChI=1S/C17H20ClNO4S/c1-22-17(20)16(12-4-2-3-5-13(12)18)19-9-8-14-11(10-19)6-7-15(23-21)24-14/h2-6,14-16,21H,7-10H2,1H3/t14-,15?,16+/m1/s1. The summed E-state index contributed by atoms with van der Waals surface area (Å²) in [7, 11) is 1.40. The van der Waals surface area contributed by atoms with Gasteiger partial charge in [-0.2, -0.15) is 0 Å². The van der Waals surface area contributed by atoms with Crippen molar-refractivity contribution in [2.24, 2.45) is 0 Å². The Morgan fingerprint density at radius 2 is 2.25 bits per heavy atom. The van der Waals surface area contributed by atoms with Crippen molar-refractivity contribution in [1.29, 1.82) is 0 Å². The minimum atomic E-state index is -0.512. The summed E-state index contributed by atoms with van der Waals surface area (Å²) < 4.78 is 5.03. The highest BCUT2D eigenvalue weighted by Crippen LogP contribution is 2.40. The minimum Gasteiger partial charge on any atom is -0.468 e. The first-order valence-corrected chi connectivity index (χ1v) is 9.17. The van der Waals surface area contributed by atoms with E-state index >= 15 is 0 Å². The number of hydrogen-bond donors (Lipinski definition) is 1. The van der Waals surface area contributed by atoms with E-state index in [4.69, 9.17) is 21.6 Å². The van der Waals surface area contributed by atoms with Gasteiger partial charge >= 0.3 is 5.97 Å². The largest absolute Gasteiger partial charge is 0.468 e. The first-order chi connectivity index (χ1) is 11.6. The third kappa shape index (κ3) is 3.63. The van der Waals surface area contributed by atoms with Crippen LogP contribution in [0.4, 0.5) is 0 Å². The molecule has 1 fully saturated rings. The molecule has 0 saturated carbocycles. The van der Waals surface area contributed by atoms with Crippen LogP contribution in [-0.2, 0) is 14.4 Å². The summed E-state index contributed by atoms with van der Waals surface area (Å²) in [6.45, 7) is 1.43. The molecule has 1 aromatic carbocycles. The lowest BCUT2D eigenvalue weighted by atomic mass is 9.97. The third-order valence-corrected chi connectivity index (χ3v) is 6.27. The molecule has 0 aliphatic carbocycles. The second-order valence-corrected chi connectivity index (χ2v) is 7.65. The van der Waals surface area contributed by atoms with E-state index in [1.54, 1.807) is 17.8 Å². The zero-order valence-corrected chi connectivity index (χ0v) is 14.9. The number of likely N-dealkylation sites (tertiary alicyclic amines) is 1. The molecule has 1 N–H and O–H groups in total. The van der Waals surface area contributed by atoms with Crippen LogP contribution < -0.4 is 0 Å². The molecular weight excluding hydrogens is 350 g/mol. The molecule has 2 heterocycles. The lowest BCUT2D eigenvalue weighted by Crippen LogP contribution is -2.44. The highest BCUT2D eigenvalue weighted by Gasteiger charge is 2.37. The van der Waals surface area contributed by atoms with E-state index in [2.05, 4.69) is 15.9 Å². The number of nitrogens with zero attached hydrogens (tertiary/aromatic N) is 1. The van der Waals surface area contributed by atoms with Crippen molar-refractivity contribution in [2.75, 3.05) is 20.2 Å². The third-order valence-electron chi connectivity index (χ3n) is 4.47. The highest BCUT2D eigenvalue weighted by atomic mass is 35.5. The van der Waals surface area contributed by atoms with Crippen molar-refractivity contribution in [2.45, 2.75) is 29.6 Å². The van der Waals surface area contributed by atoms with Gasteiger partial charge in [0.25, 0.3) is 0 Å². The first kappa shape index (κ1) is 17.8. The average molecular weight is 370 g/mol. The van der Waals surface area contributed by atoms with Crippen molar-refractivity contribution in [3.63, 3.8) is 0 Å². The fourth-order valence-corrected chi connectivity index (χ4v) is 4.74. The Balaban J connectivity index is 1.84. The van der Waals surface area contributed by atoms with E-state index in [0.717, 1.165) is 18.5 Å². The molecule has 0 amide bonds. The molecule has 24 heavy (non-hydrogen) atoms. The van der Waals surface area contributed by atoms with Crippen LogP contribution in [0.1, 0.15) is 24.4 Å². The molecule has 130 valence electrons. The Bertz CT molecular complexity index is 639. The Hall–Kier alpha value is -1.05. The van der Waals surface area contributed by atoms with Gasteiger partial charge in [0, 0.05) is 29.8 Å². The molecule has 1 saturated heterocycles. The molecule has 3 rings (SSSR count). The quantitative estimate of drug-likeness (QED) is 0.379. The van der Waals surface area contributed by atoms with Gasteiger partial charge in [-0.05, 0) is 23.6 Å². The van der Waals surface area contributed by atoms with Gasteiger partial charge in [0.1, 0.15) is 11.5 Å². The summed E-state index contributed by atoms with van der Waals surface area (Å²) in [5, 5.41) is 9.75. The Morgan fingerprint density at radius 1 is 1.46 bits per heavy atom. The molecule has 5 nitrogen and oxygen atoms in total. The number of hydrogen-bond acceptors (Lipinski definition) is 6. The van der Waals surface area contributed by atoms with Gasteiger partial charge < -0.3 is 4.74 Å². The molecule has 0 spiro atoms. The van der Waals surface area contributed by atoms with Crippen molar-refractivity contribution in [3.05, 3.63) is 46.5 Å². The van der Waals surface area contributed by atoms with Crippen molar-refractivity contribution in [3.8, 4) is 0 Å². The number of benzene rings is 1. The highest BCUT2D eigenvalue weighted by molar-refractivity contribution is 8.00. The second-order valence-electron chi connectivity index (χ2n) is 5.88. The van der Waals surface area contributed by atoms with E-state index in [1.165, 1.54) is 12.7 Å². The summed E-state index contributed by atoms with van der Waals surface area (Å²) in [5.74, 6) is -0.304. The summed E-state index contributed by atoms with van der Waals surface area (Å²) >= 11 is 7.95. The van der Waals surface area contributed by atoms with E-state index in [1.807, 2.05) is 18.2 Å². The summed E-state index contributed by atoms with van der Waals surface area (Å²) in [6, 6.07) is 6.88. The van der Waals surface area contributed by atoms with Crippen LogP contribution in [0.25, 0.3) is 0 Å². The fourth-order valence-electron chi connectivity index (χ4n) is 3.29. The molecule has 0 bridgehead atoms. The van der Waals surface area contributed by atoms with E-state index in [-0.39, 0.29) is 11.4 Å². The zero-order valence-electron chi connectivity index (χ0n) is 13.4. The number of carbonyl (C=O) groups excluding carboxylic acids is 1. The number of methoxy groups -OCH3 is 1. The molecule has 7 heteroatoms. The number of piperidine rings is 1. The number of fused-ring (bicyclic) bond motifs is 1. The summed E-state index contributed by atoms with van der Waals surface area (Å²) in [4.78, 5) is 19.0. The zero-order chi connectivity index (χ0) is 17.1. The lowest BCUT2D eigenvalue weighted by molar-refractivity contribution is -0.253. The molecule has 2 aliphatic heterocycles. The molecule has 3 atom stereocenters. The number of carbonyl (C=O) groups is 1. The smallest absolute Gasteiger partial charge is 0.327 e. The van der Waals surface area contributed by atoms with Gasteiger partial charge in [0.05, 0.1) is 7.11 Å². The van der Waals surface area contributed by atoms with Crippen LogP contribution in [0, 0.1) is 0 Å². The van der Waals surface area contributed by atoms with Crippen LogP contribution in [0.5, 0.6) is 0 Å². The molecule has 2 aliphatic rings. The average Bonchev–Trinajstić information content (AvgIpc) is 2.62. The van der Waals surface area contributed by atoms with Crippen LogP contribution in [0.15, 0.2) is 35.9 Å². The fraction of sp³-hybridized carbons (Fsp3) is 0.471. The molecular formula is C17H20ClNO4S. The van der Waals surface area contributed by atoms with E-state index < -0.39 is 6.04 Å². The molecule has 0 aromatic heterocycles. The monoisotopic (exact) mass is 369 g/mol. The van der Waals surface area contributed by atoms with Gasteiger partial charge in [-0.25, -0.2) is 9.68 Å². The van der Waals surface area contributed by atoms with Crippen molar-refractivity contribution < 1.29 is 19.7 Å². The summed E-state index contributed by atoms with van der Waals surface area (Å²) in [5.41, 5.74) is 1.83. The van der Waals surface area contributed by atoms with E-state index in [0.29, 0.717) is 23.2 Å². The normalized spacial score (nSPS) is 25.5. The maximum Gasteiger partial charge on any atom is 0.327 e. The topological polar surface area (TPSA) is 59.0 Å². The Kier molecular flexibility index (Phi) is 5.84. The van der Waals surface area contributed by atoms with Gasteiger partial charge in [-0.1, -0.05) is 35.9 Å². The number of rotatable bonds is 4. The van der Waals surface area contributed by atoms with Crippen molar-refractivity contribution in [1.82, 2.24) is 4.90 Å². The SMILES string of the molecule is COC(=O)[C@H](c1ccccc1Cl)N1CC[C@H]2SC(OO)CC=C2C1. The van der Waals surface area contributed by atoms with Crippen LogP contribution in [-0.4, -0.2) is 47.0 Å². The predicted octanol–water partition coefficient (Wildman–Crippen LogP) is 3.51. The predicted molar refractivity (Wildman–Crippen MR) is 94.0 cm³/mol. The maximum atomic E-state index is 12.4. The summed E-state index contributed by atoms with van der Waals surface area (Å²) in [6.07, 6.45) is 3.65. The van der Waals surface area contributed by atoms with Gasteiger partial charge in [0.15, 0.2) is 0 Å². The Labute approximate surface area is 150 Å². The number of esters is 1. The van der Waals surface area contributed by atoms with Crippen LogP contribution >= 0.6 is 23.4 Å². The lowest BCUT2D eigenvalue weighted by Gasteiger charge is -2.40. The van der Waals surface area contributed by atoms with Gasteiger partial charge in [-0.3, -0.25) is 10.2 Å².